The van der Waals surface area contributed by atoms with Crippen molar-refractivity contribution in [1.82, 2.24) is 15.3 Å². The molecule has 0 spiro atoms. The van der Waals surface area contributed by atoms with Gasteiger partial charge in [0.25, 0.3) is 0 Å². The zero-order valence-electron chi connectivity index (χ0n) is 11.2. The number of fused-ring (bicyclic) bond motifs is 1. The predicted molar refractivity (Wildman–Crippen MR) is 74.6 cm³/mol. The van der Waals surface area contributed by atoms with Crippen LogP contribution in [0.3, 0.4) is 0 Å². The summed E-state index contributed by atoms with van der Waals surface area (Å²) in [6.07, 6.45) is 5.52. The van der Waals surface area contributed by atoms with E-state index in [2.05, 4.69) is 21.4 Å². The molecule has 0 saturated carbocycles. The molecule has 20 heavy (non-hydrogen) atoms. The SMILES string of the molecule is O=C(Cc1ccc2c(c1)OCC2)NCCc1cnc[nH]1. The molecule has 0 bridgehead atoms. The number of hydrogen-bond donors (Lipinski definition) is 2. The minimum Gasteiger partial charge on any atom is -0.493 e. The molecule has 1 aromatic heterocycles. The predicted octanol–water partition coefficient (Wildman–Crippen LogP) is 1.25. The second kappa shape index (κ2) is 5.77. The van der Waals surface area contributed by atoms with Crippen LogP contribution in [-0.2, 0) is 24.1 Å². The molecule has 1 aliphatic rings. The van der Waals surface area contributed by atoms with Crippen LogP contribution >= 0.6 is 0 Å². The lowest BCUT2D eigenvalue weighted by atomic mass is 10.1. The van der Waals surface area contributed by atoms with E-state index in [4.69, 9.17) is 4.74 Å². The highest BCUT2D eigenvalue weighted by atomic mass is 16.5. The molecule has 2 heterocycles. The lowest BCUT2D eigenvalue weighted by Gasteiger charge is -2.06. The highest BCUT2D eigenvalue weighted by Gasteiger charge is 2.13. The van der Waals surface area contributed by atoms with Crippen LogP contribution in [0.4, 0.5) is 0 Å². The van der Waals surface area contributed by atoms with Gasteiger partial charge in [0.05, 0.1) is 19.4 Å². The summed E-state index contributed by atoms with van der Waals surface area (Å²) in [5, 5.41) is 2.91. The van der Waals surface area contributed by atoms with Crippen molar-refractivity contribution in [3.05, 3.63) is 47.5 Å². The van der Waals surface area contributed by atoms with Crippen molar-refractivity contribution < 1.29 is 9.53 Å². The number of carbonyl (C=O) groups excluding carboxylic acids is 1. The normalized spacial score (nSPS) is 12.8. The Hall–Kier alpha value is -2.30. The van der Waals surface area contributed by atoms with E-state index < -0.39 is 0 Å². The summed E-state index contributed by atoms with van der Waals surface area (Å²) < 4.78 is 5.51. The van der Waals surface area contributed by atoms with Gasteiger partial charge in [-0.2, -0.15) is 0 Å². The number of aromatic amines is 1. The summed E-state index contributed by atoms with van der Waals surface area (Å²) >= 11 is 0. The fourth-order valence-corrected chi connectivity index (χ4v) is 2.33. The maximum atomic E-state index is 11.9. The monoisotopic (exact) mass is 271 g/mol. The maximum absolute atomic E-state index is 11.9. The molecule has 5 nitrogen and oxygen atoms in total. The highest BCUT2D eigenvalue weighted by molar-refractivity contribution is 5.78. The van der Waals surface area contributed by atoms with Gasteiger partial charge in [0.15, 0.2) is 0 Å². The number of benzene rings is 1. The van der Waals surface area contributed by atoms with Crippen molar-refractivity contribution in [2.45, 2.75) is 19.3 Å². The first kappa shape index (κ1) is 12.7. The summed E-state index contributed by atoms with van der Waals surface area (Å²) in [7, 11) is 0. The number of nitrogens with one attached hydrogen (secondary N) is 2. The van der Waals surface area contributed by atoms with Crippen LogP contribution < -0.4 is 10.1 Å². The first-order valence-electron chi connectivity index (χ1n) is 6.80. The summed E-state index contributed by atoms with van der Waals surface area (Å²) in [6, 6.07) is 6.02. The zero-order valence-corrected chi connectivity index (χ0v) is 11.2. The maximum Gasteiger partial charge on any atom is 0.224 e. The molecule has 0 radical (unpaired) electrons. The fourth-order valence-electron chi connectivity index (χ4n) is 2.33. The molecule has 0 aliphatic carbocycles. The molecule has 1 aromatic carbocycles. The van der Waals surface area contributed by atoms with Crippen molar-refractivity contribution >= 4 is 5.91 Å². The first-order valence-corrected chi connectivity index (χ1v) is 6.80. The molecule has 5 heteroatoms. The van der Waals surface area contributed by atoms with Crippen LogP contribution in [0.2, 0.25) is 0 Å². The standard InChI is InChI=1S/C15H17N3O2/c19-15(17-5-3-13-9-16-10-18-13)8-11-1-2-12-4-6-20-14(12)7-11/h1-2,7,9-10H,3-6,8H2,(H,16,18)(H,17,19). The summed E-state index contributed by atoms with van der Waals surface area (Å²) in [4.78, 5) is 18.8. The number of aromatic nitrogens is 2. The molecule has 0 unspecified atom stereocenters. The quantitative estimate of drug-likeness (QED) is 0.860. The average Bonchev–Trinajstić information content (AvgIpc) is 3.08. The Kier molecular flexibility index (Phi) is 3.67. The van der Waals surface area contributed by atoms with Crippen molar-refractivity contribution in [2.24, 2.45) is 0 Å². The topological polar surface area (TPSA) is 67.0 Å². The van der Waals surface area contributed by atoms with Gasteiger partial charge in [-0.05, 0) is 17.2 Å². The van der Waals surface area contributed by atoms with Gasteiger partial charge in [-0.3, -0.25) is 4.79 Å². The van der Waals surface area contributed by atoms with Gasteiger partial charge in [0.2, 0.25) is 5.91 Å². The van der Waals surface area contributed by atoms with Gasteiger partial charge in [-0.1, -0.05) is 12.1 Å². The number of rotatable bonds is 5. The second-order valence-corrected chi connectivity index (χ2v) is 4.89. The Balaban J connectivity index is 1.49. The Morgan fingerprint density at radius 2 is 2.40 bits per heavy atom. The number of nitrogens with zero attached hydrogens (tertiary/aromatic N) is 1. The smallest absolute Gasteiger partial charge is 0.224 e. The largest absolute Gasteiger partial charge is 0.493 e. The molecule has 3 rings (SSSR count). The third-order valence-electron chi connectivity index (χ3n) is 3.40. The van der Waals surface area contributed by atoms with Crippen molar-refractivity contribution in [3.8, 4) is 5.75 Å². The number of ether oxygens (including phenoxy) is 1. The number of H-pyrrole nitrogens is 1. The lowest BCUT2D eigenvalue weighted by molar-refractivity contribution is -0.120. The molecule has 1 aliphatic heterocycles. The molecule has 0 fully saturated rings. The van der Waals surface area contributed by atoms with Crippen LogP contribution in [0.15, 0.2) is 30.7 Å². The van der Waals surface area contributed by atoms with E-state index in [0.717, 1.165) is 36.5 Å². The molecule has 0 saturated heterocycles. The van der Waals surface area contributed by atoms with Gasteiger partial charge in [-0.15, -0.1) is 0 Å². The van der Waals surface area contributed by atoms with Crippen LogP contribution in [-0.4, -0.2) is 29.0 Å². The molecule has 2 aromatic rings. The van der Waals surface area contributed by atoms with E-state index >= 15 is 0 Å². The van der Waals surface area contributed by atoms with Gasteiger partial charge < -0.3 is 15.0 Å². The molecule has 0 atom stereocenters. The van der Waals surface area contributed by atoms with Gasteiger partial charge in [0.1, 0.15) is 5.75 Å². The average molecular weight is 271 g/mol. The van der Waals surface area contributed by atoms with Crippen molar-refractivity contribution in [3.63, 3.8) is 0 Å². The number of imidazole rings is 1. The van der Waals surface area contributed by atoms with E-state index in [0.29, 0.717) is 13.0 Å². The van der Waals surface area contributed by atoms with E-state index in [1.807, 2.05) is 12.1 Å². The second-order valence-electron chi connectivity index (χ2n) is 4.89. The minimum atomic E-state index is 0.0301. The molecular formula is C15H17N3O2. The van der Waals surface area contributed by atoms with Crippen LogP contribution in [0, 0.1) is 0 Å². The number of hydrogen-bond acceptors (Lipinski definition) is 3. The van der Waals surface area contributed by atoms with Crippen LogP contribution in [0.1, 0.15) is 16.8 Å². The van der Waals surface area contributed by atoms with Gasteiger partial charge in [0, 0.05) is 31.3 Å². The minimum absolute atomic E-state index is 0.0301. The molecular weight excluding hydrogens is 254 g/mol. The van der Waals surface area contributed by atoms with Crippen molar-refractivity contribution in [1.29, 1.82) is 0 Å². The molecule has 2 N–H and O–H groups in total. The Morgan fingerprint density at radius 3 is 3.25 bits per heavy atom. The Morgan fingerprint density at radius 1 is 1.45 bits per heavy atom. The lowest BCUT2D eigenvalue weighted by Crippen LogP contribution is -2.27. The molecule has 1 amide bonds. The van der Waals surface area contributed by atoms with E-state index in [9.17, 15) is 4.79 Å². The van der Waals surface area contributed by atoms with Crippen LogP contribution in [0.25, 0.3) is 0 Å². The summed E-state index contributed by atoms with van der Waals surface area (Å²) in [5.74, 6) is 0.954. The highest BCUT2D eigenvalue weighted by Crippen LogP contribution is 2.26. The zero-order chi connectivity index (χ0) is 13.8. The third-order valence-corrected chi connectivity index (χ3v) is 3.40. The van der Waals surface area contributed by atoms with Crippen LogP contribution in [0.5, 0.6) is 5.75 Å². The number of carbonyl (C=O) groups is 1. The molecule has 104 valence electrons. The third kappa shape index (κ3) is 2.99. The number of amides is 1. The van der Waals surface area contributed by atoms with Gasteiger partial charge in [-0.25, -0.2) is 4.98 Å². The van der Waals surface area contributed by atoms with E-state index in [1.54, 1.807) is 12.5 Å². The van der Waals surface area contributed by atoms with Gasteiger partial charge >= 0.3 is 0 Å². The fraction of sp³-hybridized carbons (Fsp3) is 0.333. The van der Waals surface area contributed by atoms with E-state index in [-0.39, 0.29) is 5.91 Å². The Labute approximate surface area is 117 Å². The summed E-state index contributed by atoms with van der Waals surface area (Å²) in [5.41, 5.74) is 3.24. The van der Waals surface area contributed by atoms with Crippen molar-refractivity contribution in [2.75, 3.05) is 13.2 Å². The summed E-state index contributed by atoms with van der Waals surface area (Å²) in [6.45, 7) is 1.36. The first-order chi connectivity index (χ1) is 9.81. The Bertz CT molecular complexity index is 593. The van der Waals surface area contributed by atoms with E-state index in [1.165, 1.54) is 5.56 Å².